The van der Waals surface area contributed by atoms with Gasteiger partial charge in [0.05, 0.1) is 17.1 Å². The van der Waals surface area contributed by atoms with Gasteiger partial charge in [0.1, 0.15) is 11.4 Å². The van der Waals surface area contributed by atoms with Crippen LogP contribution in [-0.4, -0.2) is 30.5 Å². The van der Waals surface area contributed by atoms with Crippen molar-refractivity contribution in [1.29, 1.82) is 0 Å². The van der Waals surface area contributed by atoms with Crippen molar-refractivity contribution in [2.45, 2.75) is 25.9 Å². The molecule has 0 aliphatic heterocycles. The lowest BCUT2D eigenvalue weighted by Gasteiger charge is -2.12. The van der Waals surface area contributed by atoms with E-state index in [4.69, 9.17) is 4.74 Å². The predicted molar refractivity (Wildman–Crippen MR) is 106 cm³/mol. The predicted octanol–water partition coefficient (Wildman–Crippen LogP) is 4.17. The molecular weight excluding hydrogens is 403 g/mol. The zero-order valence-electron chi connectivity index (χ0n) is 16.3. The number of nitrogens with zero attached hydrogens (tertiary/aromatic N) is 1. The average Bonchev–Trinajstić information content (AvgIpc) is 2.70. The van der Waals surface area contributed by atoms with Crippen molar-refractivity contribution in [1.82, 2.24) is 5.32 Å². The molecule has 2 aromatic carbocycles. The summed E-state index contributed by atoms with van der Waals surface area (Å²) in [7, 11) is 0. The number of halogens is 3. The van der Waals surface area contributed by atoms with E-state index in [9.17, 15) is 28.1 Å². The van der Waals surface area contributed by atoms with Crippen molar-refractivity contribution in [3.63, 3.8) is 0 Å². The quantitative estimate of drug-likeness (QED) is 0.339. The smallest absolute Gasteiger partial charge is 0.416 e. The molecule has 0 aliphatic carbocycles. The highest BCUT2D eigenvalue weighted by atomic mass is 19.4. The molecule has 2 N–H and O–H groups in total. The third-order valence-corrected chi connectivity index (χ3v) is 4.18. The molecule has 0 aliphatic rings. The summed E-state index contributed by atoms with van der Waals surface area (Å²) in [4.78, 5) is 22.2. The Kier molecular flexibility index (Phi) is 8.02. The molecule has 1 amide bonds. The van der Waals surface area contributed by atoms with Crippen molar-refractivity contribution < 1.29 is 27.6 Å². The van der Waals surface area contributed by atoms with E-state index in [-0.39, 0.29) is 31.1 Å². The number of anilines is 1. The van der Waals surface area contributed by atoms with Gasteiger partial charge in [0, 0.05) is 25.6 Å². The number of carbonyl (C=O) groups excluding carboxylic acids is 1. The van der Waals surface area contributed by atoms with E-state index >= 15 is 0 Å². The minimum atomic E-state index is -4.67. The van der Waals surface area contributed by atoms with Gasteiger partial charge in [-0.15, -0.1) is 0 Å². The molecule has 162 valence electrons. The summed E-state index contributed by atoms with van der Waals surface area (Å²) in [5.41, 5.74) is -0.912. The number of para-hydroxylation sites is 1. The summed E-state index contributed by atoms with van der Waals surface area (Å²) < 4.78 is 43.7. The average molecular weight is 425 g/mol. The maximum atomic E-state index is 12.7. The van der Waals surface area contributed by atoms with Crippen LogP contribution in [0.3, 0.4) is 0 Å². The normalized spacial score (nSPS) is 11.1. The van der Waals surface area contributed by atoms with Gasteiger partial charge in [0.15, 0.2) is 0 Å². The minimum Gasteiger partial charge on any atom is -0.494 e. The standard InChI is InChI=1S/C20H22F3N3O4/c1-2-30-18-6-4-3-5-14(18)7-10-19(27)25-12-11-24-16-9-8-15(20(21,22)23)13-17(16)26(28)29/h3-6,8-9,13,24H,2,7,10-12H2,1H3,(H,25,27). The molecule has 2 rings (SSSR count). The molecule has 30 heavy (non-hydrogen) atoms. The maximum Gasteiger partial charge on any atom is 0.416 e. The van der Waals surface area contributed by atoms with Crippen molar-refractivity contribution in [3.05, 3.63) is 63.7 Å². The van der Waals surface area contributed by atoms with Crippen molar-refractivity contribution in [3.8, 4) is 5.75 Å². The fraction of sp³-hybridized carbons (Fsp3) is 0.350. The third kappa shape index (κ3) is 6.64. The Morgan fingerprint density at radius 2 is 1.90 bits per heavy atom. The molecule has 0 radical (unpaired) electrons. The molecule has 0 unspecified atom stereocenters. The summed E-state index contributed by atoms with van der Waals surface area (Å²) in [6.07, 6.45) is -3.96. The van der Waals surface area contributed by atoms with Crippen LogP contribution in [0.25, 0.3) is 0 Å². The van der Waals surface area contributed by atoms with Crippen molar-refractivity contribution in [2.24, 2.45) is 0 Å². The van der Waals surface area contributed by atoms with Crippen LogP contribution in [0.4, 0.5) is 24.5 Å². The van der Waals surface area contributed by atoms with Gasteiger partial charge in [-0.3, -0.25) is 14.9 Å². The van der Waals surface area contributed by atoms with Crippen LogP contribution in [0.15, 0.2) is 42.5 Å². The van der Waals surface area contributed by atoms with Gasteiger partial charge in [-0.2, -0.15) is 13.2 Å². The number of carbonyl (C=O) groups is 1. The van der Waals surface area contributed by atoms with Crippen LogP contribution in [0.1, 0.15) is 24.5 Å². The monoisotopic (exact) mass is 425 g/mol. The third-order valence-electron chi connectivity index (χ3n) is 4.18. The molecule has 0 atom stereocenters. The Morgan fingerprint density at radius 3 is 2.57 bits per heavy atom. The largest absolute Gasteiger partial charge is 0.494 e. The summed E-state index contributed by atoms with van der Waals surface area (Å²) in [5.74, 6) is 0.508. The van der Waals surface area contributed by atoms with Crippen LogP contribution >= 0.6 is 0 Å². The molecule has 0 spiro atoms. The van der Waals surface area contributed by atoms with Crippen LogP contribution in [0.2, 0.25) is 0 Å². The highest BCUT2D eigenvalue weighted by Gasteiger charge is 2.33. The van der Waals surface area contributed by atoms with Gasteiger partial charge in [-0.25, -0.2) is 0 Å². The molecule has 0 heterocycles. The SMILES string of the molecule is CCOc1ccccc1CCC(=O)NCCNc1ccc(C(F)(F)F)cc1[N+](=O)[O-]. The zero-order chi connectivity index (χ0) is 22.1. The number of amides is 1. The van der Waals surface area contributed by atoms with E-state index < -0.39 is 22.4 Å². The zero-order valence-corrected chi connectivity index (χ0v) is 16.3. The minimum absolute atomic E-state index is 0.0482. The molecular formula is C20H22F3N3O4. The Balaban J connectivity index is 1.83. The van der Waals surface area contributed by atoms with Gasteiger partial charge in [-0.05, 0) is 37.1 Å². The van der Waals surface area contributed by atoms with E-state index in [1.807, 2.05) is 31.2 Å². The van der Waals surface area contributed by atoms with Gasteiger partial charge in [0.2, 0.25) is 5.91 Å². The summed E-state index contributed by atoms with van der Waals surface area (Å²) >= 11 is 0. The Bertz CT molecular complexity index is 888. The summed E-state index contributed by atoms with van der Waals surface area (Å²) in [5, 5.41) is 16.4. The topological polar surface area (TPSA) is 93.5 Å². The summed E-state index contributed by atoms with van der Waals surface area (Å²) in [6, 6.07) is 9.67. The van der Waals surface area contributed by atoms with Crippen molar-refractivity contribution >= 4 is 17.3 Å². The van der Waals surface area contributed by atoms with Crippen LogP contribution < -0.4 is 15.4 Å². The second-order valence-corrected chi connectivity index (χ2v) is 6.30. The molecule has 0 bridgehead atoms. The van der Waals surface area contributed by atoms with E-state index in [1.54, 1.807) is 0 Å². The fourth-order valence-corrected chi connectivity index (χ4v) is 2.75. The number of ether oxygens (including phenoxy) is 1. The molecule has 7 nitrogen and oxygen atoms in total. The first kappa shape index (κ1) is 23.0. The highest BCUT2D eigenvalue weighted by Crippen LogP contribution is 2.34. The highest BCUT2D eigenvalue weighted by molar-refractivity contribution is 5.76. The lowest BCUT2D eigenvalue weighted by atomic mass is 10.1. The maximum absolute atomic E-state index is 12.7. The molecule has 0 saturated carbocycles. The van der Waals surface area contributed by atoms with Gasteiger partial charge in [-0.1, -0.05) is 18.2 Å². The number of benzene rings is 2. The van der Waals surface area contributed by atoms with Crippen LogP contribution in [-0.2, 0) is 17.4 Å². The van der Waals surface area contributed by atoms with Gasteiger partial charge in [0.25, 0.3) is 5.69 Å². The second kappa shape index (κ2) is 10.5. The first-order chi connectivity index (χ1) is 14.2. The molecule has 0 fully saturated rings. The Morgan fingerprint density at radius 1 is 1.17 bits per heavy atom. The van der Waals surface area contributed by atoms with Crippen molar-refractivity contribution in [2.75, 3.05) is 25.0 Å². The number of hydrogen-bond acceptors (Lipinski definition) is 5. The number of alkyl halides is 3. The lowest BCUT2D eigenvalue weighted by molar-refractivity contribution is -0.384. The first-order valence-corrected chi connectivity index (χ1v) is 9.29. The van der Waals surface area contributed by atoms with E-state index in [0.29, 0.717) is 19.1 Å². The number of nitro benzene ring substituents is 1. The number of nitrogens with one attached hydrogen (secondary N) is 2. The van der Waals surface area contributed by atoms with Crippen LogP contribution in [0.5, 0.6) is 5.75 Å². The molecule has 0 aromatic heterocycles. The Labute approximate surface area is 171 Å². The molecule has 10 heteroatoms. The Hall–Kier alpha value is -3.30. The first-order valence-electron chi connectivity index (χ1n) is 9.29. The second-order valence-electron chi connectivity index (χ2n) is 6.30. The van der Waals surface area contributed by atoms with Gasteiger partial charge >= 0.3 is 6.18 Å². The molecule has 0 saturated heterocycles. The van der Waals surface area contributed by atoms with E-state index in [0.717, 1.165) is 23.4 Å². The molecule has 2 aromatic rings. The lowest BCUT2D eigenvalue weighted by Crippen LogP contribution is -2.29. The fourth-order valence-electron chi connectivity index (χ4n) is 2.75. The number of nitro groups is 1. The number of aryl methyl sites for hydroxylation is 1. The van der Waals surface area contributed by atoms with Crippen LogP contribution in [0, 0.1) is 10.1 Å². The van der Waals surface area contributed by atoms with E-state index in [1.165, 1.54) is 0 Å². The number of hydrogen-bond donors (Lipinski definition) is 2. The number of rotatable bonds is 10. The van der Waals surface area contributed by atoms with E-state index in [2.05, 4.69) is 10.6 Å². The van der Waals surface area contributed by atoms with Gasteiger partial charge < -0.3 is 15.4 Å². The summed E-state index contributed by atoms with van der Waals surface area (Å²) in [6.45, 7) is 2.67.